The zero-order valence-electron chi connectivity index (χ0n) is 20.3. The monoisotopic (exact) mass is 514 g/mol. The van der Waals surface area contributed by atoms with Gasteiger partial charge in [-0.3, -0.25) is 9.20 Å². The molecule has 2 heterocycles. The SMILES string of the molecule is CC(C)CNc1nc2ccccc2n2c(-c3ccc(C(=O)Nc4ccc(S(N)(=O)=O)cc4)cc3)cnc12. The molecule has 0 spiro atoms. The third-order valence-corrected chi connectivity index (χ3v) is 6.82. The first-order valence-corrected chi connectivity index (χ1v) is 13.3. The number of amides is 1. The van der Waals surface area contributed by atoms with Gasteiger partial charge >= 0.3 is 0 Å². The third kappa shape index (κ3) is 5.02. The van der Waals surface area contributed by atoms with Gasteiger partial charge in [-0.25, -0.2) is 23.5 Å². The van der Waals surface area contributed by atoms with Crippen LogP contribution < -0.4 is 15.8 Å². The number of carbonyl (C=O) groups excluding carboxylic acids is 1. The first-order valence-electron chi connectivity index (χ1n) is 11.8. The van der Waals surface area contributed by atoms with E-state index in [4.69, 9.17) is 10.1 Å². The smallest absolute Gasteiger partial charge is 0.255 e. The summed E-state index contributed by atoms with van der Waals surface area (Å²) in [5, 5.41) is 11.3. The van der Waals surface area contributed by atoms with Gasteiger partial charge in [0.15, 0.2) is 11.5 Å². The van der Waals surface area contributed by atoms with Crippen molar-refractivity contribution in [1.29, 1.82) is 0 Å². The highest BCUT2D eigenvalue weighted by molar-refractivity contribution is 7.89. The number of rotatable bonds is 7. The summed E-state index contributed by atoms with van der Waals surface area (Å²) in [6.07, 6.45) is 1.81. The molecule has 5 aromatic rings. The standard InChI is InChI=1S/C27H26N6O3S/c1-17(2)15-29-25-26-30-16-24(33(26)23-6-4-3-5-22(23)32-25)18-7-9-19(10-8-18)27(34)31-20-11-13-21(14-12-20)37(28,35)36/h3-14,16-17H,15H2,1-2H3,(H,29,32)(H,31,34)(H2,28,35,36). The lowest BCUT2D eigenvalue weighted by molar-refractivity contribution is 0.102. The lowest BCUT2D eigenvalue weighted by Gasteiger charge is -2.13. The summed E-state index contributed by atoms with van der Waals surface area (Å²) in [4.78, 5) is 22.2. The molecule has 0 saturated heterocycles. The Morgan fingerprint density at radius 1 is 1.00 bits per heavy atom. The van der Waals surface area contributed by atoms with Gasteiger partial charge in [-0.1, -0.05) is 38.1 Å². The lowest BCUT2D eigenvalue weighted by Crippen LogP contribution is -2.13. The minimum Gasteiger partial charge on any atom is -0.367 e. The molecule has 0 radical (unpaired) electrons. The average molecular weight is 515 g/mol. The molecule has 0 unspecified atom stereocenters. The minimum atomic E-state index is -3.79. The number of primary sulfonamides is 1. The van der Waals surface area contributed by atoms with Crippen LogP contribution in [0.15, 0.2) is 83.9 Å². The number of sulfonamides is 1. The summed E-state index contributed by atoms with van der Waals surface area (Å²) >= 11 is 0. The molecule has 4 N–H and O–H groups in total. The van der Waals surface area contributed by atoms with Gasteiger partial charge in [-0.15, -0.1) is 0 Å². The fourth-order valence-electron chi connectivity index (χ4n) is 4.03. The number of imidazole rings is 1. The predicted octanol–water partition coefficient (Wildman–Crippen LogP) is 4.52. The molecule has 0 atom stereocenters. The Morgan fingerprint density at radius 3 is 2.38 bits per heavy atom. The second-order valence-corrected chi connectivity index (χ2v) is 10.7. The van der Waals surface area contributed by atoms with E-state index in [-0.39, 0.29) is 10.8 Å². The Bertz CT molecular complexity index is 1710. The van der Waals surface area contributed by atoms with E-state index in [1.54, 1.807) is 12.1 Å². The Morgan fingerprint density at radius 2 is 1.70 bits per heavy atom. The van der Waals surface area contributed by atoms with Gasteiger partial charge < -0.3 is 10.6 Å². The zero-order chi connectivity index (χ0) is 26.2. The lowest BCUT2D eigenvalue weighted by atomic mass is 10.1. The van der Waals surface area contributed by atoms with Crippen LogP contribution >= 0.6 is 0 Å². The van der Waals surface area contributed by atoms with Crippen LogP contribution in [0.25, 0.3) is 27.9 Å². The Kier molecular flexibility index (Phi) is 6.36. The van der Waals surface area contributed by atoms with Gasteiger partial charge in [0.2, 0.25) is 10.0 Å². The van der Waals surface area contributed by atoms with Crippen LogP contribution in [-0.4, -0.2) is 35.2 Å². The van der Waals surface area contributed by atoms with E-state index in [9.17, 15) is 13.2 Å². The van der Waals surface area contributed by atoms with Crippen LogP contribution in [0.3, 0.4) is 0 Å². The van der Waals surface area contributed by atoms with Crippen LogP contribution in [0.4, 0.5) is 11.5 Å². The number of nitrogens with two attached hydrogens (primary N) is 1. The van der Waals surface area contributed by atoms with E-state index >= 15 is 0 Å². The molecule has 0 bridgehead atoms. The van der Waals surface area contributed by atoms with E-state index in [0.717, 1.165) is 40.3 Å². The maximum Gasteiger partial charge on any atom is 0.255 e. The topological polar surface area (TPSA) is 131 Å². The van der Waals surface area contributed by atoms with Crippen molar-refractivity contribution in [3.8, 4) is 11.3 Å². The summed E-state index contributed by atoms with van der Waals surface area (Å²) in [6.45, 7) is 5.05. The fourth-order valence-corrected chi connectivity index (χ4v) is 4.54. The summed E-state index contributed by atoms with van der Waals surface area (Å²) in [6, 6.07) is 20.8. The predicted molar refractivity (Wildman–Crippen MR) is 145 cm³/mol. The third-order valence-electron chi connectivity index (χ3n) is 5.89. The fraction of sp³-hybridized carbons (Fsp3) is 0.148. The van der Waals surface area contributed by atoms with Gasteiger partial charge in [0.05, 0.1) is 27.8 Å². The highest BCUT2D eigenvalue weighted by atomic mass is 32.2. The van der Waals surface area contributed by atoms with E-state index in [1.165, 1.54) is 24.3 Å². The molecule has 0 saturated carbocycles. The van der Waals surface area contributed by atoms with E-state index < -0.39 is 10.0 Å². The average Bonchev–Trinajstić information content (AvgIpc) is 3.33. The number of aromatic nitrogens is 3. The number of fused-ring (bicyclic) bond motifs is 3. The second kappa shape index (κ2) is 9.64. The van der Waals surface area contributed by atoms with E-state index in [1.807, 2.05) is 42.6 Å². The molecule has 2 aromatic heterocycles. The molecule has 9 nitrogen and oxygen atoms in total. The van der Waals surface area contributed by atoms with Gasteiger partial charge in [-0.2, -0.15) is 0 Å². The van der Waals surface area contributed by atoms with Crippen molar-refractivity contribution in [2.75, 3.05) is 17.2 Å². The molecule has 1 amide bonds. The number of hydrogen-bond acceptors (Lipinski definition) is 6. The molecule has 37 heavy (non-hydrogen) atoms. The highest BCUT2D eigenvalue weighted by Crippen LogP contribution is 2.29. The number of carbonyl (C=O) groups is 1. The number of nitrogens with zero attached hydrogens (tertiary/aromatic N) is 3. The summed E-state index contributed by atoms with van der Waals surface area (Å²) in [5.41, 5.74) is 5.22. The molecule has 0 aliphatic heterocycles. The first kappa shape index (κ1) is 24.4. The van der Waals surface area contributed by atoms with Crippen LogP contribution in [0.1, 0.15) is 24.2 Å². The van der Waals surface area contributed by atoms with Crippen molar-refractivity contribution in [2.24, 2.45) is 11.1 Å². The van der Waals surface area contributed by atoms with Crippen molar-refractivity contribution in [2.45, 2.75) is 18.7 Å². The van der Waals surface area contributed by atoms with Crippen molar-refractivity contribution >= 4 is 44.1 Å². The number of para-hydroxylation sites is 2. The maximum absolute atomic E-state index is 12.8. The summed E-state index contributed by atoms with van der Waals surface area (Å²) in [7, 11) is -3.79. The van der Waals surface area contributed by atoms with Crippen molar-refractivity contribution in [3.05, 3.63) is 84.6 Å². The van der Waals surface area contributed by atoms with Crippen LogP contribution in [-0.2, 0) is 10.0 Å². The molecule has 0 aliphatic rings. The van der Waals surface area contributed by atoms with Crippen molar-refractivity contribution in [3.63, 3.8) is 0 Å². The van der Waals surface area contributed by atoms with Crippen LogP contribution in [0.2, 0.25) is 0 Å². The Balaban J connectivity index is 1.45. The molecule has 5 rings (SSSR count). The molecule has 0 aliphatic carbocycles. The molecule has 10 heteroatoms. The maximum atomic E-state index is 12.8. The molecular formula is C27H26N6O3S. The normalized spacial score (nSPS) is 11.8. The van der Waals surface area contributed by atoms with Gasteiger partial charge in [-0.05, 0) is 54.4 Å². The Labute approximate surface area is 214 Å². The summed E-state index contributed by atoms with van der Waals surface area (Å²) in [5.74, 6) is 0.860. The van der Waals surface area contributed by atoms with Crippen molar-refractivity contribution < 1.29 is 13.2 Å². The van der Waals surface area contributed by atoms with E-state index in [2.05, 4.69) is 33.9 Å². The van der Waals surface area contributed by atoms with Gasteiger partial charge in [0, 0.05) is 23.4 Å². The van der Waals surface area contributed by atoms with Crippen LogP contribution in [0.5, 0.6) is 0 Å². The largest absolute Gasteiger partial charge is 0.367 e. The van der Waals surface area contributed by atoms with Gasteiger partial charge in [0.25, 0.3) is 5.91 Å². The highest BCUT2D eigenvalue weighted by Gasteiger charge is 2.16. The molecule has 3 aromatic carbocycles. The van der Waals surface area contributed by atoms with Gasteiger partial charge in [0.1, 0.15) is 0 Å². The molecule has 188 valence electrons. The number of nitrogens with one attached hydrogen (secondary N) is 2. The molecule has 0 fully saturated rings. The second-order valence-electron chi connectivity index (χ2n) is 9.13. The van der Waals surface area contributed by atoms with Crippen LogP contribution in [0, 0.1) is 5.92 Å². The number of benzene rings is 3. The quantitative estimate of drug-likeness (QED) is 0.293. The number of anilines is 2. The number of hydrogen-bond donors (Lipinski definition) is 3. The summed E-state index contributed by atoms with van der Waals surface area (Å²) < 4.78 is 24.9. The Hall–Kier alpha value is -4.28. The van der Waals surface area contributed by atoms with E-state index in [0.29, 0.717) is 17.2 Å². The molecular weight excluding hydrogens is 488 g/mol. The zero-order valence-corrected chi connectivity index (χ0v) is 21.2. The van der Waals surface area contributed by atoms with Crippen molar-refractivity contribution in [1.82, 2.24) is 14.4 Å². The first-order chi connectivity index (χ1) is 17.7. The minimum absolute atomic E-state index is 0.0202.